The van der Waals surface area contributed by atoms with E-state index in [0.29, 0.717) is 10.8 Å². The Kier molecular flexibility index (Phi) is 5.36. The Bertz CT molecular complexity index is 1330. The summed E-state index contributed by atoms with van der Waals surface area (Å²) in [7, 11) is -3.58. The molecular weight excluding hydrogens is 418 g/mol. The number of hydrogen-bond acceptors (Lipinski definition) is 6. The fourth-order valence-electron chi connectivity index (χ4n) is 3.18. The summed E-state index contributed by atoms with van der Waals surface area (Å²) in [6.07, 6.45) is 2.76. The van der Waals surface area contributed by atoms with Crippen LogP contribution in [-0.4, -0.2) is 30.5 Å². The van der Waals surface area contributed by atoms with Gasteiger partial charge in [0.1, 0.15) is 0 Å². The van der Waals surface area contributed by atoms with Crippen molar-refractivity contribution < 1.29 is 13.2 Å². The molecule has 30 heavy (non-hydrogen) atoms. The van der Waals surface area contributed by atoms with Gasteiger partial charge in [0.15, 0.2) is 15.0 Å². The molecule has 1 amide bonds. The minimum atomic E-state index is -3.58. The van der Waals surface area contributed by atoms with E-state index in [1.165, 1.54) is 28.4 Å². The number of aromatic nitrogens is 2. The number of pyridine rings is 1. The number of rotatable bonds is 5. The van der Waals surface area contributed by atoms with Crippen LogP contribution in [0, 0.1) is 6.92 Å². The molecule has 2 heterocycles. The van der Waals surface area contributed by atoms with Crippen LogP contribution in [0.3, 0.4) is 0 Å². The summed E-state index contributed by atoms with van der Waals surface area (Å²) in [5.41, 5.74) is 2.63. The van der Waals surface area contributed by atoms with Crippen molar-refractivity contribution in [2.75, 3.05) is 11.2 Å². The maximum Gasteiger partial charge on any atom is 0.261 e. The lowest BCUT2D eigenvalue weighted by atomic mass is 10.2. The van der Waals surface area contributed by atoms with Crippen molar-refractivity contribution in [3.05, 3.63) is 83.7 Å². The van der Waals surface area contributed by atoms with Gasteiger partial charge >= 0.3 is 0 Å². The Balaban J connectivity index is 1.85. The highest BCUT2D eigenvalue weighted by molar-refractivity contribution is 7.90. The van der Waals surface area contributed by atoms with Gasteiger partial charge in [-0.15, -0.1) is 0 Å². The first-order valence-electron chi connectivity index (χ1n) is 9.21. The molecule has 0 spiro atoms. The van der Waals surface area contributed by atoms with Crippen molar-refractivity contribution in [1.82, 2.24) is 9.97 Å². The van der Waals surface area contributed by atoms with Crippen LogP contribution in [0.1, 0.15) is 21.6 Å². The molecule has 0 fully saturated rings. The van der Waals surface area contributed by atoms with Gasteiger partial charge in [0, 0.05) is 12.5 Å². The number of sulfone groups is 1. The van der Waals surface area contributed by atoms with Gasteiger partial charge in [0.25, 0.3) is 5.91 Å². The van der Waals surface area contributed by atoms with Crippen LogP contribution < -0.4 is 4.90 Å². The average molecular weight is 438 g/mol. The summed E-state index contributed by atoms with van der Waals surface area (Å²) in [4.78, 5) is 24.1. The Hall–Kier alpha value is -3.10. The largest absolute Gasteiger partial charge is 0.278 e. The Morgan fingerprint density at radius 2 is 1.80 bits per heavy atom. The summed E-state index contributed by atoms with van der Waals surface area (Å²) in [6, 6.07) is 17.6. The first-order chi connectivity index (χ1) is 14.3. The summed E-state index contributed by atoms with van der Waals surface area (Å²) < 4.78 is 25.5. The lowest BCUT2D eigenvalue weighted by Crippen LogP contribution is -2.31. The fraction of sp³-hybridized carbons (Fsp3) is 0.136. The fourth-order valence-corrected chi connectivity index (χ4v) is 5.10. The SMILES string of the molecule is Cc1cccc2sc(N(Cc3ccccn3)C(=O)c3ccccc3S(C)(=O)=O)nc12. The molecule has 0 N–H and O–H groups in total. The number of carbonyl (C=O) groups excluding carboxylic acids is 1. The number of benzene rings is 2. The zero-order valence-corrected chi connectivity index (χ0v) is 18.1. The Morgan fingerprint density at radius 1 is 1.03 bits per heavy atom. The van der Waals surface area contributed by atoms with Gasteiger partial charge in [-0.1, -0.05) is 41.7 Å². The average Bonchev–Trinajstić information content (AvgIpc) is 3.17. The Morgan fingerprint density at radius 3 is 2.50 bits per heavy atom. The van der Waals surface area contributed by atoms with E-state index in [1.54, 1.807) is 24.4 Å². The minimum Gasteiger partial charge on any atom is -0.278 e. The second-order valence-corrected chi connectivity index (χ2v) is 9.89. The molecule has 0 unspecified atom stereocenters. The van der Waals surface area contributed by atoms with Gasteiger partial charge < -0.3 is 0 Å². The maximum atomic E-state index is 13.6. The number of carbonyl (C=O) groups is 1. The minimum absolute atomic E-state index is 0.00156. The van der Waals surface area contributed by atoms with Crippen molar-refractivity contribution in [2.45, 2.75) is 18.4 Å². The number of amides is 1. The summed E-state index contributed by atoms with van der Waals surface area (Å²) >= 11 is 1.39. The first-order valence-corrected chi connectivity index (χ1v) is 11.9. The second kappa shape index (κ2) is 7.97. The molecular formula is C22H19N3O3S2. The van der Waals surface area contributed by atoms with E-state index in [4.69, 9.17) is 4.98 Å². The molecule has 0 aliphatic rings. The molecule has 8 heteroatoms. The van der Waals surface area contributed by atoms with Crippen LogP contribution in [0.2, 0.25) is 0 Å². The zero-order chi connectivity index (χ0) is 21.3. The molecule has 0 aliphatic carbocycles. The molecule has 4 rings (SSSR count). The van der Waals surface area contributed by atoms with Crippen LogP contribution in [0.15, 0.2) is 71.8 Å². The summed E-state index contributed by atoms with van der Waals surface area (Å²) in [5.74, 6) is -0.432. The molecule has 6 nitrogen and oxygen atoms in total. The second-order valence-electron chi connectivity index (χ2n) is 6.90. The van der Waals surface area contributed by atoms with Crippen molar-refractivity contribution in [3.8, 4) is 0 Å². The number of anilines is 1. The predicted molar refractivity (Wildman–Crippen MR) is 119 cm³/mol. The van der Waals surface area contributed by atoms with Crippen molar-refractivity contribution in [1.29, 1.82) is 0 Å². The number of fused-ring (bicyclic) bond motifs is 1. The molecule has 0 saturated carbocycles. The van der Waals surface area contributed by atoms with Crippen LogP contribution in [0.4, 0.5) is 5.13 Å². The molecule has 152 valence electrons. The lowest BCUT2D eigenvalue weighted by molar-refractivity contribution is 0.0981. The van der Waals surface area contributed by atoms with Crippen molar-refractivity contribution in [2.24, 2.45) is 0 Å². The first kappa shape index (κ1) is 20.2. The van der Waals surface area contributed by atoms with Gasteiger partial charge in [0.05, 0.1) is 32.9 Å². The van der Waals surface area contributed by atoms with Gasteiger partial charge in [-0.25, -0.2) is 13.4 Å². The zero-order valence-electron chi connectivity index (χ0n) is 16.4. The lowest BCUT2D eigenvalue weighted by Gasteiger charge is -2.20. The van der Waals surface area contributed by atoms with E-state index in [0.717, 1.165) is 22.0 Å². The Labute approximate surface area is 178 Å². The van der Waals surface area contributed by atoms with E-state index in [2.05, 4.69) is 4.98 Å². The number of para-hydroxylation sites is 1. The normalized spacial score (nSPS) is 11.5. The third kappa shape index (κ3) is 3.96. The molecule has 4 aromatic rings. The molecule has 0 saturated heterocycles. The third-order valence-electron chi connectivity index (χ3n) is 4.65. The predicted octanol–water partition coefficient (Wildman–Crippen LogP) is 4.25. The number of hydrogen-bond donors (Lipinski definition) is 0. The molecule has 0 radical (unpaired) electrons. The number of thiazole rings is 1. The van der Waals surface area contributed by atoms with Gasteiger partial charge in [-0.2, -0.15) is 0 Å². The number of nitrogens with zero attached hydrogens (tertiary/aromatic N) is 3. The van der Waals surface area contributed by atoms with E-state index in [1.807, 2.05) is 37.3 Å². The van der Waals surface area contributed by atoms with E-state index < -0.39 is 15.7 Å². The van der Waals surface area contributed by atoms with Crippen LogP contribution in [0.5, 0.6) is 0 Å². The highest BCUT2D eigenvalue weighted by Gasteiger charge is 2.26. The summed E-state index contributed by atoms with van der Waals surface area (Å²) in [6.45, 7) is 2.15. The molecule has 2 aromatic heterocycles. The highest BCUT2D eigenvalue weighted by atomic mass is 32.2. The van der Waals surface area contributed by atoms with Crippen molar-refractivity contribution in [3.63, 3.8) is 0 Å². The van der Waals surface area contributed by atoms with E-state index in [-0.39, 0.29) is 17.0 Å². The molecule has 0 bridgehead atoms. The monoisotopic (exact) mass is 437 g/mol. The van der Waals surface area contributed by atoms with Crippen LogP contribution >= 0.6 is 11.3 Å². The topological polar surface area (TPSA) is 80.2 Å². The summed E-state index contributed by atoms with van der Waals surface area (Å²) in [5, 5.41) is 0.498. The maximum absolute atomic E-state index is 13.6. The van der Waals surface area contributed by atoms with E-state index in [9.17, 15) is 13.2 Å². The molecule has 2 aromatic carbocycles. The molecule has 0 aliphatic heterocycles. The smallest absolute Gasteiger partial charge is 0.261 e. The van der Waals surface area contributed by atoms with Crippen LogP contribution in [0.25, 0.3) is 10.2 Å². The highest BCUT2D eigenvalue weighted by Crippen LogP contribution is 2.32. The van der Waals surface area contributed by atoms with E-state index >= 15 is 0 Å². The van der Waals surface area contributed by atoms with Crippen LogP contribution in [-0.2, 0) is 16.4 Å². The van der Waals surface area contributed by atoms with Gasteiger partial charge in [-0.3, -0.25) is 14.7 Å². The standard InChI is InChI=1S/C22H19N3O3S2/c1-15-8-7-11-18-20(15)24-22(29-18)25(14-16-9-5-6-13-23-16)21(26)17-10-3-4-12-19(17)30(2,27)28/h3-13H,14H2,1-2H3. The quantitative estimate of drug-likeness (QED) is 0.466. The van der Waals surface area contributed by atoms with Crippen molar-refractivity contribution >= 4 is 42.4 Å². The third-order valence-corrected chi connectivity index (χ3v) is 6.85. The van der Waals surface area contributed by atoms with Gasteiger partial charge in [-0.05, 0) is 42.8 Å². The van der Waals surface area contributed by atoms with Gasteiger partial charge in [0.2, 0.25) is 0 Å². The number of aryl methyl sites for hydroxylation is 1. The molecule has 0 atom stereocenters.